The van der Waals surface area contributed by atoms with Crippen LogP contribution in [0.5, 0.6) is 0 Å². The molecule has 0 bridgehead atoms. The second-order valence-electron chi connectivity index (χ2n) is 13.9. The summed E-state index contributed by atoms with van der Waals surface area (Å²) in [6, 6.07) is 26.4. The fourth-order valence-corrected chi connectivity index (χ4v) is 7.67. The molecule has 5 heterocycles. The summed E-state index contributed by atoms with van der Waals surface area (Å²) in [6.07, 6.45) is -3.00. The van der Waals surface area contributed by atoms with E-state index in [-0.39, 0.29) is 34.9 Å². The molecule has 18 nitrogen and oxygen atoms in total. The predicted molar refractivity (Wildman–Crippen MR) is 206 cm³/mol. The number of aliphatic hydroxyl groups is 3. The summed E-state index contributed by atoms with van der Waals surface area (Å²) >= 11 is 0. The summed E-state index contributed by atoms with van der Waals surface area (Å²) in [6.45, 7) is 0.919. The lowest BCUT2D eigenvalue weighted by atomic mass is 9.91. The number of ether oxygens (including phenoxy) is 1. The van der Waals surface area contributed by atoms with Crippen LogP contribution in [0, 0.1) is 0 Å². The highest BCUT2D eigenvalue weighted by Crippen LogP contribution is 2.41. The van der Waals surface area contributed by atoms with E-state index >= 15 is 0 Å². The molecule has 57 heavy (non-hydrogen) atoms. The van der Waals surface area contributed by atoms with E-state index in [0.717, 1.165) is 11.1 Å². The number of rotatable bonds is 12. The van der Waals surface area contributed by atoms with Crippen LogP contribution in [0.25, 0.3) is 11.2 Å². The molecule has 8 rings (SSSR count). The van der Waals surface area contributed by atoms with Gasteiger partial charge >= 0.3 is 6.03 Å². The van der Waals surface area contributed by atoms with Gasteiger partial charge in [0.1, 0.15) is 24.0 Å². The highest BCUT2D eigenvalue weighted by Gasteiger charge is 2.47. The molecular weight excluding hydrogens is 757 g/mol. The Kier molecular flexibility index (Phi) is 10.6. The number of nitrogens with one attached hydrogen (secondary N) is 3. The number of urea groups is 1. The van der Waals surface area contributed by atoms with Crippen LogP contribution in [0.15, 0.2) is 107 Å². The van der Waals surface area contributed by atoms with Crippen molar-refractivity contribution in [2.45, 2.75) is 54.4 Å². The number of sulfonamides is 1. The van der Waals surface area contributed by atoms with Crippen LogP contribution in [0.2, 0.25) is 0 Å². The van der Waals surface area contributed by atoms with Gasteiger partial charge in [0.25, 0.3) is 0 Å². The normalized spacial score (nSPS) is 21.0. The maximum Gasteiger partial charge on any atom is 0.319 e. The van der Waals surface area contributed by atoms with Crippen LogP contribution in [-0.4, -0.2) is 92.3 Å². The lowest BCUT2D eigenvalue weighted by molar-refractivity contribution is -0.0434. The maximum absolute atomic E-state index is 12.9. The van der Waals surface area contributed by atoms with Crippen molar-refractivity contribution >= 4 is 44.7 Å². The number of hydrogen-bond donors (Lipinski definition) is 7. The lowest BCUT2D eigenvalue weighted by Crippen LogP contribution is -2.40. The topological polar surface area (TPSA) is 256 Å². The molecule has 0 radical (unpaired) electrons. The Hall–Kier alpha value is -5.96. The molecule has 2 fully saturated rings. The molecule has 8 N–H and O–H groups in total. The molecule has 3 aromatic heterocycles. The maximum atomic E-state index is 12.9. The number of nitrogens with zero attached hydrogens (tertiary/aromatic N) is 6. The fraction of sp³-hybridized carbons (Fsp3) is 0.289. The van der Waals surface area contributed by atoms with E-state index < -0.39 is 40.6 Å². The van der Waals surface area contributed by atoms with Crippen molar-refractivity contribution in [2.75, 3.05) is 35.2 Å². The van der Waals surface area contributed by atoms with Gasteiger partial charge in [0.15, 0.2) is 29.0 Å². The minimum atomic E-state index is -3.87. The zero-order chi connectivity index (χ0) is 39.7. The monoisotopic (exact) mass is 796 g/mol. The van der Waals surface area contributed by atoms with Gasteiger partial charge in [-0.3, -0.25) is 4.57 Å². The average Bonchev–Trinajstić information content (AvgIpc) is 4.03. The van der Waals surface area contributed by atoms with Crippen molar-refractivity contribution in [3.8, 4) is 0 Å². The standard InChI is InChI=1S/C38H40N10O8S/c39-57(53,54)27-13-11-24(12-14-27)42-38(52)43-25-15-16-47(19-25)37-44-34(40-18-28(22-7-3-1-4-8-22)23-9-5-2-6-10-23)30-35(45-37)48(21-41-30)36-32(51)31(50)33(55-36)29-17-26(20-49)46-56-29/h1-14,17,21,25,28,31-33,36,49-51H,15-16,18-20H2,(H2,39,53,54)(H,40,44,45)(H2,42,43,52)/t25-,31+,32-,33-,36-/m1/s1. The van der Waals surface area contributed by atoms with E-state index in [1.54, 1.807) is 0 Å². The summed E-state index contributed by atoms with van der Waals surface area (Å²) in [5, 5.41) is 49.9. The van der Waals surface area contributed by atoms with Gasteiger partial charge in [-0.1, -0.05) is 65.8 Å². The van der Waals surface area contributed by atoms with Gasteiger partial charge in [-0.05, 0) is 41.8 Å². The average molecular weight is 797 g/mol. The van der Waals surface area contributed by atoms with Gasteiger partial charge < -0.3 is 45.4 Å². The third kappa shape index (κ3) is 8.01. The minimum absolute atomic E-state index is 0.0562. The molecule has 2 saturated heterocycles. The number of imidazole rings is 1. The zero-order valence-electron chi connectivity index (χ0n) is 30.3. The van der Waals surface area contributed by atoms with E-state index in [9.17, 15) is 28.5 Å². The Balaban J connectivity index is 1.07. The molecule has 19 heteroatoms. The summed E-state index contributed by atoms with van der Waals surface area (Å²) in [4.78, 5) is 29.3. The molecular formula is C38H40N10O8S. The SMILES string of the molecule is NS(=O)(=O)c1ccc(NC(=O)N[C@@H]2CCN(c3nc(NCC(c4ccccc4)c4ccccc4)c4ncn([C@@H]5O[C@H](c6cc(CO)no6)[C@@H](O)[C@H]5O)c4n3)C2)cc1. The molecule has 2 aliphatic heterocycles. The van der Waals surface area contributed by atoms with E-state index in [4.69, 9.17) is 24.4 Å². The molecule has 0 aliphatic carbocycles. The molecule has 5 atom stereocenters. The highest BCUT2D eigenvalue weighted by molar-refractivity contribution is 7.89. The first-order valence-corrected chi connectivity index (χ1v) is 19.7. The van der Waals surface area contributed by atoms with Crippen molar-refractivity contribution in [3.05, 3.63) is 120 Å². The Morgan fingerprint density at radius 2 is 1.67 bits per heavy atom. The van der Waals surface area contributed by atoms with Crippen molar-refractivity contribution in [1.29, 1.82) is 0 Å². The summed E-state index contributed by atoms with van der Waals surface area (Å²) in [7, 11) is -3.87. The predicted octanol–water partition coefficient (Wildman–Crippen LogP) is 2.59. The molecule has 6 aromatic rings. The molecule has 0 saturated carbocycles. The number of primary sulfonamides is 1. The second-order valence-corrected chi connectivity index (χ2v) is 15.4. The quantitative estimate of drug-likeness (QED) is 0.0940. The Morgan fingerprint density at radius 3 is 2.32 bits per heavy atom. The van der Waals surface area contributed by atoms with Crippen LogP contribution >= 0.6 is 0 Å². The Labute approximate surface area is 326 Å². The van der Waals surface area contributed by atoms with Crippen LogP contribution in [0.1, 0.15) is 47.3 Å². The van der Waals surface area contributed by atoms with Crippen molar-refractivity contribution < 1.29 is 37.8 Å². The van der Waals surface area contributed by atoms with Gasteiger partial charge in [0.2, 0.25) is 16.0 Å². The highest BCUT2D eigenvalue weighted by atomic mass is 32.2. The van der Waals surface area contributed by atoms with Crippen molar-refractivity contribution in [2.24, 2.45) is 5.14 Å². The molecule has 0 unspecified atom stereocenters. The molecule has 2 aliphatic rings. The number of carbonyl (C=O) groups is 1. The van der Waals surface area contributed by atoms with E-state index in [1.807, 2.05) is 41.3 Å². The third-order valence-electron chi connectivity index (χ3n) is 10.1. The van der Waals surface area contributed by atoms with Gasteiger partial charge in [0.05, 0.1) is 17.8 Å². The molecule has 2 amide bonds. The van der Waals surface area contributed by atoms with Crippen LogP contribution in [0.4, 0.5) is 22.2 Å². The van der Waals surface area contributed by atoms with Crippen LogP contribution in [0.3, 0.4) is 0 Å². The molecule has 296 valence electrons. The minimum Gasteiger partial charge on any atom is -0.390 e. The third-order valence-corrected chi connectivity index (χ3v) is 11.0. The Morgan fingerprint density at radius 1 is 0.965 bits per heavy atom. The number of hydrogen-bond acceptors (Lipinski definition) is 14. The van der Waals surface area contributed by atoms with Crippen molar-refractivity contribution in [3.63, 3.8) is 0 Å². The zero-order valence-corrected chi connectivity index (χ0v) is 31.1. The van der Waals surface area contributed by atoms with E-state index in [1.165, 1.54) is 41.2 Å². The lowest BCUT2D eigenvalue weighted by Gasteiger charge is -2.22. The first kappa shape index (κ1) is 37.9. The van der Waals surface area contributed by atoms with Gasteiger partial charge in [-0.15, -0.1) is 0 Å². The van der Waals surface area contributed by atoms with E-state index in [0.29, 0.717) is 54.7 Å². The number of fused-ring (bicyclic) bond motifs is 1. The number of aliphatic hydroxyl groups excluding tert-OH is 3. The van der Waals surface area contributed by atoms with Gasteiger partial charge in [-0.25, -0.2) is 23.3 Å². The number of aromatic nitrogens is 5. The largest absolute Gasteiger partial charge is 0.390 e. The summed E-state index contributed by atoms with van der Waals surface area (Å²) in [5.41, 5.74) is 3.55. The summed E-state index contributed by atoms with van der Waals surface area (Å²) < 4.78 is 36.2. The summed E-state index contributed by atoms with van der Waals surface area (Å²) in [5.74, 6) is 0.844. The van der Waals surface area contributed by atoms with Gasteiger partial charge in [0, 0.05) is 43.3 Å². The number of anilines is 3. The second kappa shape index (κ2) is 15.9. The number of benzene rings is 3. The smallest absolute Gasteiger partial charge is 0.319 e. The fourth-order valence-electron chi connectivity index (χ4n) is 7.16. The van der Waals surface area contributed by atoms with Crippen molar-refractivity contribution in [1.82, 2.24) is 30.0 Å². The van der Waals surface area contributed by atoms with Crippen LogP contribution in [-0.2, 0) is 21.4 Å². The Bertz CT molecular complexity index is 2410. The number of nitrogens with two attached hydrogens (primary N) is 1. The molecule has 3 aromatic carbocycles. The first-order valence-electron chi connectivity index (χ1n) is 18.2. The first-order chi connectivity index (χ1) is 27.6. The van der Waals surface area contributed by atoms with Crippen LogP contribution < -0.4 is 26.0 Å². The van der Waals surface area contributed by atoms with Gasteiger partial charge in [-0.2, -0.15) is 9.97 Å². The number of carbonyl (C=O) groups excluding carboxylic acids is 1. The molecule has 0 spiro atoms. The number of amides is 2. The van der Waals surface area contributed by atoms with E-state index in [2.05, 4.69) is 50.4 Å².